The Labute approximate surface area is 169 Å². The molecule has 0 spiro atoms. The van der Waals surface area contributed by atoms with Gasteiger partial charge in [0.15, 0.2) is 0 Å². The Kier molecular flexibility index (Phi) is 6.39. The molecule has 0 saturated carbocycles. The summed E-state index contributed by atoms with van der Waals surface area (Å²) in [6, 6.07) is 6.87. The summed E-state index contributed by atoms with van der Waals surface area (Å²) in [6.07, 6.45) is 5.37. The maximum atomic E-state index is 12.7. The number of piperidine rings is 1. The minimum Gasteiger partial charge on any atom is -0.339 e. The van der Waals surface area contributed by atoms with Crippen LogP contribution in [0.2, 0.25) is 10.0 Å². The van der Waals surface area contributed by atoms with Crippen molar-refractivity contribution >= 4 is 35.2 Å². The van der Waals surface area contributed by atoms with E-state index in [9.17, 15) is 4.79 Å². The molecule has 1 aromatic carbocycles. The van der Waals surface area contributed by atoms with Crippen LogP contribution in [0.4, 0.5) is 10.7 Å². The largest absolute Gasteiger partial charge is 0.339 e. The van der Waals surface area contributed by atoms with E-state index in [-0.39, 0.29) is 18.1 Å². The van der Waals surface area contributed by atoms with Crippen LogP contribution in [0.5, 0.6) is 0 Å². The lowest BCUT2D eigenvalue weighted by Crippen LogP contribution is -2.51. The van der Waals surface area contributed by atoms with E-state index in [1.807, 2.05) is 13.0 Å². The molecule has 0 unspecified atom stereocenters. The molecule has 2 atom stereocenters. The summed E-state index contributed by atoms with van der Waals surface area (Å²) < 4.78 is 0. The van der Waals surface area contributed by atoms with Gasteiger partial charge in [0.25, 0.3) is 0 Å². The fourth-order valence-corrected chi connectivity index (χ4v) is 3.80. The van der Waals surface area contributed by atoms with Gasteiger partial charge in [-0.25, -0.2) is 14.8 Å². The van der Waals surface area contributed by atoms with Gasteiger partial charge in [-0.15, -0.1) is 0 Å². The van der Waals surface area contributed by atoms with E-state index in [1.165, 1.54) is 0 Å². The van der Waals surface area contributed by atoms with E-state index in [0.717, 1.165) is 24.9 Å². The van der Waals surface area contributed by atoms with Gasteiger partial charge in [-0.1, -0.05) is 29.3 Å². The first kappa shape index (κ1) is 19.7. The molecule has 0 radical (unpaired) electrons. The summed E-state index contributed by atoms with van der Waals surface area (Å²) >= 11 is 12.3. The molecule has 1 aromatic heterocycles. The van der Waals surface area contributed by atoms with Gasteiger partial charge in [0.05, 0.1) is 6.04 Å². The predicted molar refractivity (Wildman–Crippen MR) is 108 cm³/mol. The van der Waals surface area contributed by atoms with Crippen molar-refractivity contribution in [3.63, 3.8) is 0 Å². The zero-order chi connectivity index (χ0) is 19.4. The SMILES string of the molecule is C[C@H](c1ccc(Cl)cc1Cl)N(C)C(=O)N[C@H]1CCCN(c2ncccn2)C1. The van der Waals surface area contributed by atoms with E-state index >= 15 is 0 Å². The van der Waals surface area contributed by atoms with Crippen LogP contribution in [0, 0.1) is 0 Å². The van der Waals surface area contributed by atoms with Crippen molar-refractivity contribution < 1.29 is 4.79 Å². The normalized spacial score (nSPS) is 18.1. The standard InChI is InChI=1S/C19H23Cl2N5O/c1-13(16-7-6-14(20)11-17(16)21)25(2)19(27)24-15-5-3-10-26(12-15)18-22-8-4-9-23-18/h4,6-9,11,13,15H,3,5,10,12H2,1-2H3,(H,24,27)/t13-,15+/m1/s1. The molecule has 1 fully saturated rings. The Balaban J connectivity index is 1.62. The summed E-state index contributed by atoms with van der Waals surface area (Å²) in [4.78, 5) is 25.1. The third-order valence-corrected chi connectivity index (χ3v) is 5.46. The van der Waals surface area contributed by atoms with Gasteiger partial charge < -0.3 is 15.1 Å². The van der Waals surface area contributed by atoms with Crippen LogP contribution in [0.25, 0.3) is 0 Å². The molecule has 0 bridgehead atoms. The Morgan fingerprint density at radius 3 is 2.78 bits per heavy atom. The molecule has 2 heterocycles. The van der Waals surface area contributed by atoms with E-state index in [4.69, 9.17) is 23.2 Å². The zero-order valence-electron chi connectivity index (χ0n) is 15.4. The maximum Gasteiger partial charge on any atom is 0.317 e. The number of nitrogens with zero attached hydrogens (tertiary/aromatic N) is 4. The Morgan fingerprint density at radius 2 is 2.07 bits per heavy atom. The van der Waals surface area contributed by atoms with Crippen molar-refractivity contribution in [2.45, 2.75) is 31.8 Å². The van der Waals surface area contributed by atoms with Gasteiger partial charge in [-0.3, -0.25) is 0 Å². The molecule has 2 aromatic rings. The highest BCUT2D eigenvalue weighted by Crippen LogP contribution is 2.29. The quantitative estimate of drug-likeness (QED) is 0.826. The third kappa shape index (κ3) is 4.82. The van der Waals surface area contributed by atoms with Gasteiger partial charge in [-0.2, -0.15) is 0 Å². The van der Waals surface area contributed by atoms with Crippen LogP contribution in [0.3, 0.4) is 0 Å². The molecule has 2 amide bonds. The molecule has 1 aliphatic heterocycles. The van der Waals surface area contributed by atoms with Crippen molar-refractivity contribution in [1.82, 2.24) is 20.2 Å². The number of halogens is 2. The monoisotopic (exact) mass is 407 g/mol. The van der Waals surface area contributed by atoms with Gasteiger partial charge in [0.2, 0.25) is 5.95 Å². The Hall–Kier alpha value is -2.05. The predicted octanol–water partition coefficient (Wildman–Crippen LogP) is 4.15. The molecule has 8 heteroatoms. The second kappa shape index (κ2) is 8.76. The summed E-state index contributed by atoms with van der Waals surface area (Å²) in [5.74, 6) is 0.700. The lowest BCUT2D eigenvalue weighted by Gasteiger charge is -2.35. The molecular formula is C19H23Cl2N5O. The second-order valence-electron chi connectivity index (χ2n) is 6.74. The first-order chi connectivity index (χ1) is 13.0. The first-order valence-electron chi connectivity index (χ1n) is 8.96. The highest BCUT2D eigenvalue weighted by molar-refractivity contribution is 6.35. The van der Waals surface area contributed by atoms with Crippen LogP contribution in [0.15, 0.2) is 36.7 Å². The summed E-state index contributed by atoms with van der Waals surface area (Å²) in [5, 5.41) is 4.25. The van der Waals surface area contributed by atoms with E-state index in [1.54, 1.807) is 42.5 Å². The van der Waals surface area contributed by atoms with E-state index in [2.05, 4.69) is 20.2 Å². The lowest BCUT2D eigenvalue weighted by atomic mass is 10.1. The Morgan fingerprint density at radius 1 is 1.33 bits per heavy atom. The number of nitrogens with one attached hydrogen (secondary N) is 1. The molecule has 0 aliphatic carbocycles. The number of amides is 2. The van der Waals surface area contributed by atoms with Gasteiger partial charge in [-0.05, 0) is 43.5 Å². The van der Waals surface area contributed by atoms with Gasteiger partial charge in [0.1, 0.15) is 0 Å². The van der Waals surface area contributed by atoms with Crippen LogP contribution >= 0.6 is 23.2 Å². The number of rotatable bonds is 4. The molecule has 6 nitrogen and oxygen atoms in total. The number of hydrogen-bond donors (Lipinski definition) is 1. The third-order valence-electron chi connectivity index (χ3n) is 4.90. The number of carbonyl (C=O) groups excluding carboxylic acids is 1. The number of aromatic nitrogens is 2. The van der Waals surface area contributed by atoms with Crippen LogP contribution in [0.1, 0.15) is 31.4 Å². The van der Waals surface area contributed by atoms with Crippen molar-refractivity contribution in [2.24, 2.45) is 0 Å². The fourth-order valence-electron chi connectivity index (χ4n) is 3.23. The van der Waals surface area contributed by atoms with E-state index < -0.39 is 0 Å². The number of carbonyl (C=O) groups is 1. The maximum absolute atomic E-state index is 12.7. The lowest BCUT2D eigenvalue weighted by molar-refractivity contribution is 0.188. The first-order valence-corrected chi connectivity index (χ1v) is 9.71. The number of anilines is 1. The smallest absolute Gasteiger partial charge is 0.317 e. The van der Waals surface area contributed by atoms with Crippen LogP contribution < -0.4 is 10.2 Å². The van der Waals surface area contributed by atoms with Gasteiger partial charge in [0, 0.05) is 48.6 Å². The topological polar surface area (TPSA) is 61.4 Å². The molecule has 144 valence electrons. The highest BCUT2D eigenvalue weighted by Gasteiger charge is 2.26. The minimum atomic E-state index is -0.174. The Bertz CT molecular complexity index is 789. The average Bonchev–Trinajstić information content (AvgIpc) is 2.68. The average molecular weight is 408 g/mol. The molecule has 1 saturated heterocycles. The van der Waals surface area contributed by atoms with E-state index in [0.29, 0.717) is 22.5 Å². The zero-order valence-corrected chi connectivity index (χ0v) is 16.9. The highest BCUT2D eigenvalue weighted by atomic mass is 35.5. The van der Waals surface area contributed by atoms with Gasteiger partial charge >= 0.3 is 6.03 Å². The minimum absolute atomic E-state index is 0.0467. The molecule has 1 N–H and O–H groups in total. The number of benzene rings is 1. The molecule has 1 aliphatic rings. The molecular weight excluding hydrogens is 385 g/mol. The molecule has 3 rings (SSSR count). The second-order valence-corrected chi connectivity index (χ2v) is 7.58. The van der Waals surface area contributed by atoms with Crippen LogP contribution in [-0.4, -0.2) is 47.1 Å². The summed E-state index contributed by atoms with van der Waals surface area (Å²) in [5.41, 5.74) is 0.863. The summed E-state index contributed by atoms with van der Waals surface area (Å²) in [6.45, 7) is 3.53. The van der Waals surface area contributed by atoms with Crippen molar-refractivity contribution in [3.05, 3.63) is 52.3 Å². The molecule has 27 heavy (non-hydrogen) atoms. The van der Waals surface area contributed by atoms with Crippen molar-refractivity contribution in [1.29, 1.82) is 0 Å². The van der Waals surface area contributed by atoms with Crippen molar-refractivity contribution in [2.75, 3.05) is 25.0 Å². The fraction of sp³-hybridized carbons (Fsp3) is 0.421. The van der Waals surface area contributed by atoms with Crippen molar-refractivity contribution in [3.8, 4) is 0 Å². The summed E-state index contributed by atoms with van der Waals surface area (Å²) in [7, 11) is 1.77. The number of hydrogen-bond acceptors (Lipinski definition) is 4. The number of urea groups is 1. The van der Waals surface area contributed by atoms with Crippen LogP contribution in [-0.2, 0) is 0 Å².